The van der Waals surface area contributed by atoms with Gasteiger partial charge in [0.05, 0.1) is 12.0 Å². The lowest BCUT2D eigenvalue weighted by atomic mass is 10.1. The molecule has 7 nitrogen and oxygen atoms in total. The van der Waals surface area contributed by atoms with Gasteiger partial charge in [0.2, 0.25) is 0 Å². The Hall–Kier alpha value is -3.09. The summed E-state index contributed by atoms with van der Waals surface area (Å²) in [6.07, 6.45) is 0. The first-order chi connectivity index (χ1) is 11.3. The van der Waals surface area contributed by atoms with Gasteiger partial charge in [-0.1, -0.05) is 12.1 Å². The van der Waals surface area contributed by atoms with Crippen molar-refractivity contribution in [3.05, 3.63) is 58.6 Å². The van der Waals surface area contributed by atoms with Gasteiger partial charge in [-0.2, -0.15) is 0 Å². The third-order valence-electron chi connectivity index (χ3n) is 3.17. The minimum absolute atomic E-state index is 0.0290. The molecule has 2 rings (SSSR count). The van der Waals surface area contributed by atoms with Crippen molar-refractivity contribution in [1.29, 1.82) is 0 Å². The summed E-state index contributed by atoms with van der Waals surface area (Å²) < 4.78 is 16.1. The maximum Gasteiger partial charge on any atom is 0.349 e. The van der Waals surface area contributed by atoms with Crippen LogP contribution in [0.15, 0.2) is 48.5 Å². The van der Waals surface area contributed by atoms with Crippen LogP contribution in [0.25, 0.3) is 0 Å². The summed E-state index contributed by atoms with van der Waals surface area (Å²) >= 11 is 0. The Morgan fingerprint density at radius 2 is 1.62 bits per heavy atom. The maximum atomic E-state index is 11.8. The molecule has 0 aromatic heterocycles. The second-order valence-corrected chi connectivity index (χ2v) is 5.40. The lowest BCUT2D eigenvalue weighted by Crippen LogP contribution is -2.39. The highest BCUT2D eigenvalue weighted by atomic mass is 16.6. The van der Waals surface area contributed by atoms with E-state index in [0.717, 1.165) is 0 Å². The molecule has 0 aliphatic heterocycles. The largest absolute Gasteiger partial charge is 0.472 e. The van der Waals surface area contributed by atoms with Crippen LogP contribution in [-0.4, -0.2) is 23.6 Å². The van der Waals surface area contributed by atoms with Crippen LogP contribution in [0.1, 0.15) is 13.8 Å². The van der Waals surface area contributed by atoms with Crippen LogP contribution in [0.5, 0.6) is 17.2 Å². The van der Waals surface area contributed by atoms with Gasteiger partial charge in [-0.05, 0) is 38.1 Å². The fraction of sp³-hybridized carbons (Fsp3) is 0.235. The Bertz CT molecular complexity index is 739. The molecular formula is C17H17NO6. The third kappa shape index (κ3) is 4.01. The van der Waals surface area contributed by atoms with E-state index in [2.05, 4.69) is 0 Å². The first-order valence-electron chi connectivity index (χ1n) is 7.12. The molecule has 2 aromatic carbocycles. The minimum atomic E-state index is -1.19. The summed E-state index contributed by atoms with van der Waals surface area (Å²) in [5.41, 5.74) is -1.22. The Kier molecular flexibility index (Phi) is 5.03. The van der Waals surface area contributed by atoms with E-state index >= 15 is 0 Å². The number of esters is 1. The molecule has 0 spiro atoms. The molecule has 24 heavy (non-hydrogen) atoms. The standard InChI is InChI=1S/C17H17NO6/c1-17(2,16(19)22-3)24-15-7-5-4-6-14(15)23-13-10-8-12(9-11-13)18(20)21/h4-11H,1-3H3. The predicted molar refractivity (Wildman–Crippen MR) is 86.3 cm³/mol. The number of carbonyl (C=O) groups excluding carboxylic acids is 1. The highest BCUT2D eigenvalue weighted by Gasteiger charge is 2.32. The molecule has 0 unspecified atom stereocenters. The van der Waals surface area contributed by atoms with Crippen LogP contribution in [0.2, 0.25) is 0 Å². The second kappa shape index (κ2) is 6.99. The van der Waals surface area contributed by atoms with Gasteiger partial charge in [-0.25, -0.2) is 4.79 Å². The third-order valence-corrected chi connectivity index (χ3v) is 3.17. The fourth-order valence-electron chi connectivity index (χ4n) is 1.94. The number of carbonyl (C=O) groups is 1. The van der Waals surface area contributed by atoms with Gasteiger partial charge >= 0.3 is 5.97 Å². The molecule has 0 fully saturated rings. The smallest absolute Gasteiger partial charge is 0.349 e. The van der Waals surface area contributed by atoms with Crippen molar-refractivity contribution in [1.82, 2.24) is 0 Å². The maximum absolute atomic E-state index is 11.8. The molecule has 0 aliphatic carbocycles. The van der Waals surface area contributed by atoms with Gasteiger partial charge in [0.15, 0.2) is 17.1 Å². The van der Waals surface area contributed by atoms with Crippen molar-refractivity contribution < 1.29 is 23.9 Å². The molecule has 126 valence electrons. The molecule has 0 radical (unpaired) electrons. The van der Waals surface area contributed by atoms with E-state index in [-0.39, 0.29) is 5.69 Å². The average molecular weight is 331 g/mol. The zero-order valence-electron chi connectivity index (χ0n) is 13.5. The Labute approximate surface area is 138 Å². The van der Waals surface area contributed by atoms with E-state index in [1.54, 1.807) is 38.1 Å². The summed E-state index contributed by atoms with van der Waals surface area (Å²) in [5.74, 6) is 0.620. The lowest BCUT2D eigenvalue weighted by Gasteiger charge is -2.24. The summed E-state index contributed by atoms with van der Waals surface area (Å²) in [6.45, 7) is 3.17. The Morgan fingerprint density at radius 3 is 2.17 bits per heavy atom. The predicted octanol–water partition coefficient (Wildman–Crippen LogP) is 3.72. The number of nitro groups is 1. The number of non-ortho nitro benzene ring substituents is 1. The summed E-state index contributed by atoms with van der Waals surface area (Å²) in [6, 6.07) is 12.5. The number of ether oxygens (including phenoxy) is 3. The molecule has 7 heteroatoms. The van der Waals surface area contributed by atoms with E-state index in [4.69, 9.17) is 14.2 Å². The highest BCUT2D eigenvalue weighted by Crippen LogP contribution is 2.34. The first-order valence-corrected chi connectivity index (χ1v) is 7.12. The average Bonchev–Trinajstić information content (AvgIpc) is 2.56. The van der Waals surface area contributed by atoms with E-state index in [1.807, 2.05) is 0 Å². The molecular weight excluding hydrogens is 314 g/mol. The number of para-hydroxylation sites is 2. The molecule has 0 atom stereocenters. The van der Waals surface area contributed by atoms with Crippen LogP contribution in [-0.2, 0) is 9.53 Å². The highest BCUT2D eigenvalue weighted by molar-refractivity contribution is 5.79. The van der Waals surface area contributed by atoms with Gasteiger partial charge in [0, 0.05) is 12.1 Å². The monoisotopic (exact) mass is 331 g/mol. The second-order valence-electron chi connectivity index (χ2n) is 5.40. The topological polar surface area (TPSA) is 87.9 Å². The number of benzene rings is 2. The Morgan fingerprint density at radius 1 is 1.04 bits per heavy atom. The molecule has 0 heterocycles. The number of rotatable bonds is 6. The number of hydrogen-bond donors (Lipinski definition) is 0. The van der Waals surface area contributed by atoms with Gasteiger partial charge in [0.1, 0.15) is 5.75 Å². The van der Waals surface area contributed by atoms with Crippen molar-refractivity contribution >= 4 is 11.7 Å². The molecule has 0 saturated carbocycles. The number of nitro benzene ring substituents is 1. The van der Waals surface area contributed by atoms with Crippen molar-refractivity contribution in [3.63, 3.8) is 0 Å². The van der Waals surface area contributed by atoms with Crippen LogP contribution in [0, 0.1) is 10.1 Å². The molecule has 0 saturated heterocycles. The molecule has 0 bridgehead atoms. The van der Waals surface area contributed by atoms with Gasteiger partial charge in [0.25, 0.3) is 5.69 Å². The zero-order valence-corrected chi connectivity index (χ0v) is 13.5. The number of nitrogens with zero attached hydrogens (tertiary/aromatic N) is 1. The van der Waals surface area contributed by atoms with E-state index < -0.39 is 16.5 Å². The molecule has 2 aromatic rings. The first kappa shape index (κ1) is 17.3. The normalized spacial score (nSPS) is 10.8. The SMILES string of the molecule is COC(=O)C(C)(C)Oc1ccccc1Oc1ccc([N+](=O)[O-])cc1. The van der Waals surface area contributed by atoms with Crippen LogP contribution >= 0.6 is 0 Å². The molecule has 0 amide bonds. The summed E-state index contributed by atoms with van der Waals surface area (Å²) in [5, 5.41) is 10.7. The van der Waals surface area contributed by atoms with E-state index in [1.165, 1.54) is 31.4 Å². The van der Waals surface area contributed by atoms with Crippen LogP contribution in [0.4, 0.5) is 5.69 Å². The fourth-order valence-corrected chi connectivity index (χ4v) is 1.94. The van der Waals surface area contributed by atoms with E-state index in [9.17, 15) is 14.9 Å². The number of hydrogen-bond acceptors (Lipinski definition) is 6. The van der Waals surface area contributed by atoms with Crippen LogP contribution in [0.3, 0.4) is 0 Å². The zero-order chi connectivity index (χ0) is 17.7. The van der Waals surface area contributed by atoms with E-state index in [0.29, 0.717) is 17.2 Å². The van der Waals surface area contributed by atoms with Gasteiger partial charge in [-0.15, -0.1) is 0 Å². The van der Waals surface area contributed by atoms with Gasteiger partial charge < -0.3 is 14.2 Å². The summed E-state index contributed by atoms with van der Waals surface area (Å²) in [7, 11) is 1.28. The molecule has 0 aliphatic rings. The lowest BCUT2D eigenvalue weighted by molar-refractivity contribution is -0.384. The Balaban J connectivity index is 2.22. The van der Waals surface area contributed by atoms with Crippen molar-refractivity contribution in [2.24, 2.45) is 0 Å². The number of methoxy groups -OCH3 is 1. The quantitative estimate of drug-likeness (QED) is 0.455. The van der Waals surface area contributed by atoms with Gasteiger partial charge in [-0.3, -0.25) is 10.1 Å². The summed E-state index contributed by atoms with van der Waals surface area (Å²) in [4.78, 5) is 21.9. The van der Waals surface area contributed by atoms with Crippen LogP contribution < -0.4 is 9.47 Å². The minimum Gasteiger partial charge on any atom is -0.472 e. The van der Waals surface area contributed by atoms with Crippen molar-refractivity contribution in [2.75, 3.05) is 7.11 Å². The van der Waals surface area contributed by atoms with Crippen molar-refractivity contribution in [2.45, 2.75) is 19.4 Å². The molecule has 0 N–H and O–H groups in total. The van der Waals surface area contributed by atoms with Crippen molar-refractivity contribution in [3.8, 4) is 17.2 Å².